The first-order chi connectivity index (χ1) is 14.2. The monoisotopic (exact) mass is 413 g/mol. The van der Waals surface area contributed by atoms with Gasteiger partial charge >= 0.3 is 0 Å². The zero-order chi connectivity index (χ0) is 20.2. The first-order valence-corrected chi connectivity index (χ1v) is 11.4. The van der Waals surface area contributed by atoms with Crippen LogP contribution in [0.3, 0.4) is 0 Å². The Balaban J connectivity index is 1.65. The molecule has 0 aromatic heterocycles. The second kappa shape index (κ2) is 9.37. The summed E-state index contributed by atoms with van der Waals surface area (Å²) in [7, 11) is 0. The molecule has 0 unspecified atom stereocenters. The summed E-state index contributed by atoms with van der Waals surface area (Å²) >= 11 is 4.36. The van der Waals surface area contributed by atoms with Crippen LogP contribution in [0, 0.1) is 0 Å². The minimum atomic E-state index is 0.0978. The van der Waals surface area contributed by atoms with Gasteiger partial charge in [-0.25, -0.2) is 0 Å². The van der Waals surface area contributed by atoms with Crippen LogP contribution in [0.25, 0.3) is 10.8 Å². The maximum Gasteiger partial charge on any atom is 0.255 e. The summed E-state index contributed by atoms with van der Waals surface area (Å²) in [6, 6.07) is 10.2. The Bertz CT molecular complexity index is 869. The van der Waals surface area contributed by atoms with E-state index in [0.29, 0.717) is 24.9 Å². The summed E-state index contributed by atoms with van der Waals surface area (Å²) in [6.45, 7) is 3.05. The molecule has 1 saturated carbocycles. The lowest BCUT2D eigenvalue weighted by Gasteiger charge is -2.37. The number of nitrogen functional groups attached to an aromatic ring is 1. The van der Waals surface area contributed by atoms with E-state index in [-0.39, 0.29) is 11.9 Å². The van der Waals surface area contributed by atoms with Crippen molar-refractivity contribution in [1.82, 2.24) is 10.2 Å². The number of nitrogens with one attached hydrogen (secondary N) is 1. The molecule has 29 heavy (non-hydrogen) atoms. The van der Waals surface area contributed by atoms with E-state index >= 15 is 0 Å². The van der Waals surface area contributed by atoms with E-state index in [9.17, 15) is 4.79 Å². The van der Waals surface area contributed by atoms with Crippen LogP contribution in [0.5, 0.6) is 0 Å². The zero-order valence-electron chi connectivity index (χ0n) is 16.9. The number of hydrogen-bond donors (Lipinski definition) is 3. The molecule has 1 atom stereocenters. The van der Waals surface area contributed by atoms with Crippen LogP contribution in [0.1, 0.15) is 41.6 Å². The lowest BCUT2D eigenvalue weighted by molar-refractivity contribution is 0.0526. The fourth-order valence-electron chi connectivity index (χ4n) is 4.22. The molecule has 1 amide bonds. The second-order valence-electron chi connectivity index (χ2n) is 8.08. The number of carbonyl (C=O) groups is 1. The molecular weight excluding hydrogens is 382 g/mol. The molecular formula is C23H31N3O2S. The lowest BCUT2D eigenvalue weighted by Crippen LogP contribution is -2.54. The largest absolute Gasteiger partial charge is 0.398 e. The fourth-order valence-corrected chi connectivity index (χ4v) is 4.37. The van der Waals surface area contributed by atoms with E-state index in [1.807, 2.05) is 35.2 Å². The Hall–Kier alpha value is -1.76. The predicted octanol–water partition coefficient (Wildman–Crippen LogP) is 3.27. The highest BCUT2D eigenvalue weighted by atomic mass is 32.1. The highest BCUT2D eigenvalue weighted by molar-refractivity contribution is 7.80. The van der Waals surface area contributed by atoms with Crippen molar-refractivity contribution in [2.75, 3.05) is 37.7 Å². The summed E-state index contributed by atoms with van der Waals surface area (Å²) in [5.41, 5.74) is 8.87. The maximum atomic E-state index is 13.9. The van der Waals surface area contributed by atoms with Crippen molar-refractivity contribution in [2.45, 2.75) is 44.2 Å². The number of anilines is 1. The third kappa shape index (κ3) is 4.71. The minimum Gasteiger partial charge on any atom is -0.398 e. The second-order valence-corrected chi connectivity index (χ2v) is 8.53. The SMILES string of the molecule is Nc1cc2ccccc2c(C(=O)N2CCNC[C@@H]2CCOC2CC2)c1CCCS. The smallest absolute Gasteiger partial charge is 0.255 e. The van der Waals surface area contributed by atoms with Crippen molar-refractivity contribution in [3.05, 3.63) is 41.5 Å². The Morgan fingerprint density at radius 1 is 1.31 bits per heavy atom. The number of piperazine rings is 1. The zero-order valence-corrected chi connectivity index (χ0v) is 17.8. The molecule has 1 saturated heterocycles. The number of rotatable bonds is 8. The number of nitrogens with zero attached hydrogens (tertiary/aromatic N) is 1. The van der Waals surface area contributed by atoms with Gasteiger partial charge in [-0.05, 0) is 60.3 Å². The van der Waals surface area contributed by atoms with E-state index in [4.69, 9.17) is 10.5 Å². The van der Waals surface area contributed by atoms with Crippen molar-refractivity contribution >= 4 is 35.0 Å². The van der Waals surface area contributed by atoms with Crippen LogP contribution in [-0.4, -0.2) is 54.9 Å². The van der Waals surface area contributed by atoms with Crippen LogP contribution in [0.15, 0.2) is 30.3 Å². The van der Waals surface area contributed by atoms with E-state index in [2.05, 4.69) is 17.9 Å². The molecule has 156 valence electrons. The van der Waals surface area contributed by atoms with Crippen molar-refractivity contribution in [2.24, 2.45) is 0 Å². The van der Waals surface area contributed by atoms with Gasteiger partial charge in [-0.3, -0.25) is 4.79 Å². The van der Waals surface area contributed by atoms with Gasteiger partial charge in [0, 0.05) is 38.0 Å². The number of hydrogen-bond acceptors (Lipinski definition) is 5. The molecule has 1 aliphatic heterocycles. The highest BCUT2D eigenvalue weighted by Gasteiger charge is 2.31. The first-order valence-electron chi connectivity index (χ1n) is 10.7. The number of fused-ring (bicyclic) bond motifs is 1. The van der Waals surface area contributed by atoms with E-state index in [1.165, 1.54) is 12.8 Å². The fraction of sp³-hybridized carbons (Fsp3) is 0.522. The Kier molecular flexibility index (Phi) is 6.63. The molecule has 5 nitrogen and oxygen atoms in total. The number of ether oxygens (including phenoxy) is 1. The molecule has 2 fully saturated rings. The van der Waals surface area contributed by atoms with Gasteiger partial charge in [-0.1, -0.05) is 24.3 Å². The summed E-state index contributed by atoms with van der Waals surface area (Å²) < 4.78 is 5.86. The molecule has 0 radical (unpaired) electrons. The molecule has 2 aromatic carbocycles. The van der Waals surface area contributed by atoms with Gasteiger partial charge in [0.05, 0.1) is 11.7 Å². The van der Waals surface area contributed by atoms with Gasteiger partial charge in [0.1, 0.15) is 0 Å². The summed E-state index contributed by atoms with van der Waals surface area (Å²) in [5, 5.41) is 5.45. The third-order valence-corrected chi connectivity index (χ3v) is 6.25. The van der Waals surface area contributed by atoms with Gasteiger partial charge in [-0.2, -0.15) is 12.6 Å². The summed E-state index contributed by atoms with van der Waals surface area (Å²) in [6.07, 6.45) is 5.32. The average Bonchev–Trinajstić information content (AvgIpc) is 3.56. The van der Waals surface area contributed by atoms with Crippen LogP contribution in [0.2, 0.25) is 0 Å². The maximum absolute atomic E-state index is 13.9. The van der Waals surface area contributed by atoms with Gasteiger partial charge in [-0.15, -0.1) is 0 Å². The van der Waals surface area contributed by atoms with Crippen molar-refractivity contribution in [3.8, 4) is 0 Å². The van der Waals surface area contributed by atoms with Crippen molar-refractivity contribution in [1.29, 1.82) is 0 Å². The number of benzene rings is 2. The molecule has 0 spiro atoms. The predicted molar refractivity (Wildman–Crippen MR) is 122 cm³/mol. The standard InChI is InChI=1S/C23H31N3O2S/c24-21-14-16-4-1-2-5-19(16)22(20(21)6-3-13-29)23(27)26-11-10-25-15-17(26)9-12-28-18-7-8-18/h1-2,4-5,14,17-18,25,29H,3,6-13,15,24H2/t17-/m0/s1. The Morgan fingerprint density at radius 3 is 2.93 bits per heavy atom. The minimum absolute atomic E-state index is 0.0978. The molecule has 3 N–H and O–H groups in total. The number of amides is 1. The lowest BCUT2D eigenvalue weighted by atomic mass is 9.92. The number of nitrogens with two attached hydrogens (primary N) is 1. The van der Waals surface area contributed by atoms with Crippen molar-refractivity contribution in [3.63, 3.8) is 0 Å². The molecule has 2 aliphatic rings. The first kappa shape index (κ1) is 20.5. The highest BCUT2D eigenvalue weighted by Crippen LogP contribution is 2.31. The number of carbonyl (C=O) groups excluding carboxylic acids is 1. The van der Waals surface area contributed by atoms with E-state index in [0.717, 1.165) is 60.0 Å². The quantitative estimate of drug-likeness (QED) is 0.459. The van der Waals surface area contributed by atoms with Gasteiger partial charge < -0.3 is 20.7 Å². The average molecular weight is 414 g/mol. The van der Waals surface area contributed by atoms with E-state index < -0.39 is 0 Å². The van der Waals surface area contributed by atoms with E-state index in [1.54, 1.807) is 0 Å². The Morgan fingerprint density at radius 2 is 2.14 bits per heavy atom. The van der Waals surface area contributed by atoms with Crippen LogP contribution in [-0.2, 0) is 11.2 Å². The molecule has 1 aliphatic carbocycles. The molecule has 2 aromatic rings. The third-order valence-electron chi connectivity index (χ3n) is 5.93. The number of thiol groups is 1. The molecule has 0 bridgehead atoms. The Labute approximate surface area is 178 Å². The summed E-state index contributed by atoms with van der Waals surface area (Å²) in [5.74, 6) is 0.870. The van der Waals surface area contributed by atoms with Gasteiger partial charge in [0.25, 0.3) is 5.91 Å². The van der Waals surface area contributed by atoms with Gasteiger partial charge in [0.2, 0.25) is 0 Å². The van der Waals surface area contributed by atoms with Gasteiger partial charge in [0.15, 0.2) is 0 Å². The molecule has 6 heteroatoms. The van der Waals surface area contributed by atoms with Crippen molar-refractivity contribution < 1.29 is 9.53 Å². The topological polar surface area (TPSA) is 67.6 Å². The van der Waals surface area contributed by atoms with Crippen LogP contribution in [0.4, 0.5) is 5.69 Å². The summed E-state index contributed by atoms with van der Waals surface area (Å²) in [4.78, 5) is 15.9. The molecule has 4 rings (SSSR count). The van der Waals surface area contributed by atoms with Crippen LogP contribution < -0.4 is 11.1 Å². The molecule has 1 heterocycles. The van der Waals surface area contributed by atoms with Crippen LogP contribution >= 0.6 is 12.6 Å². The normalized spacial score (nSPS) is 19.6.